The quantitative estimate of drug-likeness (QED) is 0.789. The smallest absolute Gasteiger partial charge is 0.339 e. The fourth-order valence-electron chi connectivity index (χ4n) is 3.04. The van der Waals surface area contributed by atoms with Crippen LogP contribution in [0.5, 0.6) is 5.75 Å². The first-order valence-corrected chi connectivity index (χ1v) is 9.10. The zero-order chi connectivity index (χ0) is 18.2. The summed E-state index contributed by atoms with van der Waals surface area (Å²) in [6.45, 7) is 3.40. The van der Waals surface area contributed by atoms with E-state index in [1.807, 2.05) is 13.0 Å². The van der Waals surface area contributed by atoms with Crippen LogP contribution in [-0.2, 0) is 21.3 Å². The molecule has 128 valence electrons. The van der Waals surface area contributed by atoms with Gasteiger partial charge in [-0.05, 0) is 55.3 Å². The Morgan fingerprint density at radius 2 is 2.04 bits per heavy atom. The van der Waals surface area contributed by atoms with Gasteiger partial charge in [-0.1, -0.05) is 6.07 Å². The maximum atomic E-state index is 12.5. The fourth-order valence-corrected chi connectivity index (χ4v) is 4.01. The molecule has 1 amide bonds. The number of hydrogen-bond acceptors (Lipinski definition) is 5. The Morgan fingerprint density at radius 1 is 1.28 bits per heavy atom. The van der Waals surface area contributed by atoms with Crippen LogP contribution in [0, 0.1) is 11.3 Å². The lowest BCUT2D eigenvalue weighted by Gasteiger charge is -2.20. The molecule has 2 aromatic carbocycles. The minimum atomic E-state index is -4.03. The van der Waals surface area contributed by atoms with Crippen molar-refractivity contribution in [3.63, 3.8) is 0 Å². The van der Waals surface area contributed by atoms with Crippen LogP contribution in [0.2, 0.25) is 0 Å². The van der Waals surface area contributed by atoms with E-state index in [4.69, 9.17) is 9.44 Å². The van der Waals surface area contributed by atoms with Crippen molar-refractivity contribution in [3.05, 3.63) is 53.6 Å². The SMILES string of the molecule is CC(=O)N1c2ccc(S(=O)(=O)Oc3cccc(C#N)c3)cc2CC1C. The summed E-state index contributed by atoms with van der Waals surface area (Å²) in [7, 11) is -4.03. The maximum absolute atomic E-state index is 12.5. The Morgan fingerprint density at radius 3 is 2.72 bits per heavy atom. The zero-order valence-electron chi connectivity index (χ0n) is 13.8. The van der Waals surface area contributed by atoms with Crippen LogP contribution < -0.4 is 9.08 Å². The molecule has 0 fully saturated rings. The molecule has 0 spiro atoms. The Kier molecular flexibility index (Phi) is 4.23. The molecule has 3 rings (SSSR count). The Balaban J connectivity index is 1.93. The number of carbonyl (C=O) groups is 1. The van der Waals surface area contributed by atoms with E-state index in [0.717, 1.165) is 11.3 Å². The number of anilines is 1. The molecule has 25 heavy (non-hydrogen) atoms. The normalized spacial score (nSPS) is 16.2. The fraction of sp³-hybridized carbons (Fsp3) is 0.222. The lowest BCUT2D eigenvalue weighted by Crippen LogP contribution is -2.33. The van der Waals surface area contributed by atoms with E-state index in [-0.39, 0.29) is 22.6 Å². The van der Waals surface area contributed by atoms with Crippen molar-refractivity contribution >= 4 is 21.7 Å². The van der Waals surface area contributed by atoms with Gasteiger partial charge in [0, 0.05) is 18.7 Å². The van der Waals surface area contributed by atoms with Crippen LogP contribution in [0.4, 0.5) is 5.69 Å². The molecular weight excluding hydrogens is 340 g/mol. The molecule has 6 nitrogen and oxygen atoms in total. The molecule has 7 heteroatoms. The topological polar surface area (TPSA) is 87.5 Å². The maximum Gasteiger partial charge on any atom is 0.339 e. The van der Waals surface area contributed by atoms with Crippen LogP contribution in [0.1, 0.15) is 25.0 Å². The third-order valence-corrected chi connectivity index (χ3v) is 5.31. The molecule has 1 aliphatic heterocycles. The number of hydrogen-bond donors (Lipinski definition) is 0. The van der Waals surface area contributed by atoms with Crippen LogP contribution >= 0.6 is 0 Å². The van der Waals surface area contributed by atoms with Gasteiger partial charge < -0.3 is 9.08 Å². The molecule has 0 aromatic heterocycles. The van der Waals surface area contributed by atoms with E-state index in [2.05, 4.69) is 0 Å². The monoisotopic (exact) mass is 356 g/mol. The van der Waals surface area contributed by atoms with Crippen molar-refractivity contribution in [1.29, 1.82) is 5.26 Å². The minimum absolute atomic E-state index is 0.0151. The molecule has 1 unspecified atom stereocenters. The predicted octanol–water partition coefficient (Wildman–Crippen LogP) is 2.62. The number of fused-ring (bicyclic) bond motifs is 1. The molecule has 1 aliphatic rings. The molecule has 0 saturated heterocycles. The number of carbonyl (C=O) groups excluding carboxylic acids is 1. The molecule has 2 aromatic rings. The first-order chi connectivity index (χ1) is 11.8. The van der Waals surface area contributed by atoms with E-state index in [1.54, 1.807) is 23.1 Å². The number of nitrogens with zero attached hydrogens (tertiary/aromatic N) is 2. The Hall–Kier alpha value is -2.85. The third kappa shape index (κ3) is 3.21. The standard InChI is InChI=1S/C18H16N2O4S/c1-12-8-15-10-17(6-7-18(15)20(12)13(2)21)25(22,23)24-16-5-3-4-14(9-16)11-19/h3-7,9-10,12H,8H2,1-2H3. The summed E-state index contributed by atoms with van der Waals surface area (Å²) in [4.78, 5) is 13.4. The summed E-state index contributed by atoms with van der Waals surface area (Å²) in [5, 5.41) is 8.89. The first kappa shape index (κ1) is 17.0. The van der Waals surface area contributed by atoms with Crippen molar-refractivity contribution in [1.82, 2.24) is 0 Å². The molecule has 0 N–H and O–H groups in total. The van der Waals surface area contributed by atoms with Gasteiger partial charge in [-0.25, -0.2) is 0 Å². The van der Waals surface area contributed by atoms with Gasteiger partial charge in [0.25, 0.3) is 0 Å². The number of rotatable bonds is 3. The lowest BCUT2D eigenvalue weighted by atomic mass is 10.1. The second-order valence-corrected chi connectivity index (χ2v) is 7.46. The number of benzene rings is 2. The van der Waals surface area contributed by atoms with E-state index in [9.17, 15) is 13.2 Å². The molecular formula is C18H16N2O4S. The van der Waals surface area contributed by atoms with Gasteiger partial charge >= 0.3 is 10.1 Å². The van der Waals surface area contributed by atoms with E-state index in [0.29, 0.717) is 12.0 Å². The van der Waals surface area contributed by atoms with Crippen molar-refractivity contribution in [2.45, 2.75) is 31.2 Å². The van der Waals surface area contributed by atoms with Crippen molar-refractivity contribution in [2.75, 3.05) is 4.90 Å². The summed E-state index contributed by atoms with van der Waals surface area (Å²) in [6, 6.07) is 12.5. The molecule has 0 bridgehead atoms. The van der Waals surface area contributed by atoms with E-state index >= 15 is 0 Å². The number of amides is 1. The summed E-state index contributed by atoms with van der Waals surface area (Å²) < 4.78 is 30.2. The van der Waals surface area contributed by atoms with E-state index < -0.39 is 10.1 Å². The van der Waals surface area contributed by atoms with Crippen LogP contribution in [-0.4, -0.2) is 20.4 Å². The molecule has 1 atom stereocenters. The van der Waals surface area contributed by atoms with Crippen LogP contribution in [0.15, 0.2) is 47.4 Å². The van der Waals surface area contributed by atoms with Crippen LogP contribution in [0.25, 0.3) is 0 Å². The van der Waals surface area contributed by atoms with Crippen LogP contribution in [0.3, 0.4) is 0 Å². The Bertz CT molecular complexity index is 992. The lowest BCUT2D eigenvalue weighted by molar-refractivity contribution is -0.116. The summed E-state index contributed by atoms with van der Waals surface area (Å²) in [5.74, 6) is 0.00436. The summed E-state index contributed by atoms with van der Waals surface area (Å²) >= 11 is 0. The highest BCUT2D eigenvalue weighted by molar-refractivity contribution is 7.87. The summed E-state index contributed by atoms with van der Waals surface area (Å²) in [6.07, 6.45) is 0.586. The van der Waals surface area contributed by atoms with Crippen molar-refractivity contribution < 1.29 is 17.4 Å². The second-order valence-electron chi connectivity index (χ2n) is 5.91. The summed E-state index contributed by atoms with van der Waals surface area (Å²) in [5.41, 5.74) is 1.83. The van der Waals surface area contributed by atoms with Gasteiger partial charge in [-0.3, -0.25) is 4.79 Å². The highest BCUT2D eigenvalue weighted by atomic mass is 32.2. The minimum Gasteiger partial charge on any atom is -0.379 e. The first-order valence-electron chi connectivity index (χ1n) is 7.69. The van der Waals surface area contributed by atoms with Crippen molar-refractivity contribution in [2.24, 2.45) is 0 Å². The molecule has 0 saturated carbocycles. The average Bonchev–Trinajstić information content (AvgIpc) is 2.89. The third-order valence-electron chi connectivity index (χ3n) is 4.06. The number of nitriles is 1. The molecule has 1 heterocycles. The zero-order valence-corrected chi connectivity index (χ0v) is 14.6. The van der Waals surface area contributed by atoms with Gasteiger partial charge in [-0.15, -0.1) is 0 Å². The van der Waals surface area contributed by atoms with Crippen molar-refractivity contribution in [3.8, 4) is 11.8 Å². The highest BCUT2D eigenvalue weighted by Gasteiger charge is 2.30. The Labute approximate surface area is 146 Å². The second kappa shape index (κ2) is 6.22. The van der Waals surface area contributed by atoms with Gasteiger partial charge in [0.05, 0.1) is 11.6 Å². The van der Waals surface area contributed by atoms with E-state index in [1.165, 1.54) is 31.2 Å². The molecule has 0 radical (unpaired) electrons. The average molecular weight is 356 g/mol. The van der Waals surface area contributed by atoms with Gasteiger partial charge in [0.1, 0.15) is 10.6 Å². The van der Waals surface area contributed by atoms with Gasteiger partial charge in [-0.2, -0.15) is 13.7 Å². The largest absolute Gasteiger partial charge is 0.379 e. The predicted molar refractivity (Wildman–Crippen MR) is 91.7 cm³/mol. The highest BCUT2D eigenvalue weighted by Crippen LogP contribution is 2.34. The molecule has 0 aliphatic carbocycles. The van der Waals surface area contributed by atoms with Gasteiger partial charge in [0.2, 0.25) is 5.91 Å². The van der Waals surface area contributed by atoms with Gasteiger partial charge in [0.15, 0.2) is 0 Å².